The molecular formula is C27H36N4O2S. The van der Waals surface area contributed by atoms with E-state index < -0.39 is 0 Å². The molecule has 2 aromatic heterocycles. The summed E-state index contributed by atoms with van der Waals surface area (Å²) >= 11 is 1.64. The van der Waals surface area contributed by atoms with Crippen LogP contribution in [0.4, 0.5) is 5.82 Å². The van der Waals surface area contributed by atoms with Crippen LogP contribution in [0.1, 0.15) is 80.6 Å². The van der Waals surface area contributed by atoms with Gasteiger partial charge in [0.05, 0.1) is 29.9 Å². The SMILES string of the molecule is CCC[C@@H]1CN(c2nc(C(C)C)c3c(c2C#N)CC(C)(C)OC3)CCN1C(=O)Cc1cccs1. The highest BCUT2D eigenvalue weighted by Gasteiger charge is 2.36. The number of anilines is 1. The third-order valence-electron chi connectivity index (χ3n) is 6.92. The second-order valence-corrected chi connectivity index (χ2v) is 11.4. The number of hydrogen-bond donors (Lipinski definition) is 0. The molecule has 0 spiro atoms. The number of hydrogen-bond acceptors (Lipinski definition) is 6. The highest BCUT2D eigenvalue weighted by Crippen LogP contribution is 2.38. The summed E-state index contributed by atoms with van der Waals surface area (Å²) in [5.74, 6) is 1.22. The zero-order valence-electron chi connectivity index (χ0n) is 21.1. The first-order valence-corrected chi connectivity index (χ1v) is 13.3. The summed E-state index contributed by atoms with van der Waals surface area (Å²) < 4.78 is 6.09. The lowest BCUT2D eigenvalue weighted by Crippen LogP contribution is -2.56. The molecule has 0 N–H and O–H groups in total. The summed E-state index contributed by atoms with van der Waals surface area (Å²) in [5.41, 5.74) is 3.59. The summed E-state index contributed by atoms with van der Waals surface area (Å²) in [6, 6.07) is 6.65. The standard InChI is InChI=1S/C27H36N4O2S/c1-6-8-19-16-30(10-11-31(19)24(32)13-20-9-7-12-34-20)26-22(15-28)21-14-27(4,5)33-17-23(21)25(29-26)18(2)3/h7,9,12,18-19H,6,8,10-11,13-14,16-17H2,1-5H3/t19-/m1/s1. The Hall–Kier alpha value is -2.43. The summed E-state index contributed by atoms with van der Waals surface area (Å²) in [6.07, 6.45) is 3.12. The molecule has 34 heavy (non-hydrogen) atoms. The van der Waals surface area contributed by atoms with Crippen molar-refractivity contribution in [3.05, 3.63) is 44.8 Å². The number of carbonyl (C=O) groups excluding carboxylic acids is 1. The second-order valence-electron chi connectivity index (χ2n) is 10.4. The third kappa shape index (κ3) is 4.99. The molecule has 0 saturated carbocycles. The number of fused-ring (bicyclic) bond motifs is 1. The topological polar surface area (TPSA) is 69.5 Å². The van der Waals surface area contributed by atoms with Crippen LogP contribution in [0.25, 0.3) is 0 Å². The highest BCUT2D eigenvalue weighted by molar-refractivity contribution is 7.10. The van der Waals surface area contributed by atoms with Crippen LogP contribution in [0.5, 0.6) is 0 Å². The molecule has 4 heterocycles. The maximum atomic E-state index is 13.2. The molecule has 1 fully saturated rings. The summed E-state index contributed by atoms with van der Waals surface area (Å²) in [6.45, 7) is 13.2. The maximum Gasteiger partial charge on any atom is 0.228 e. The quantitative estimate of drug-likeness (QED) is 0.579. The first-order chi connectivity index (χ1) is 16.2. The number of nitrogens with zero attached hydrogens (tertiary/aromatic N) is 4. The van der Waals surface area contributed by atoms with Gasteiger partial charge in [0.2, 0.25) is 5.91 Å². The number of nitriles is 1. The van der Waals surface area contributed by atoms with Crippen LogP contribution in [0.2, 0.25) is 0 Å². The molecule has 0 aromatic carbocycles. The largest absolute Gasteiger partial charge is 0.370 e. The molecule has 4 rings (SSSR count). The molecule has 182 valence electrons. The predicted molar refractivity (Wildman–Crippen MR) is 136 cm³/mol. The van der Waals surface area contributed by atoms with Crippen LogP contribution in [0.3, 0.4) is 0 Å². The van der Waals surface area contributed by atoms with Crippen LogP contribution in [0.15, 0.2) is 17.5 Å². The van der Waals surface area contributed by atoms with E-state index in [1.54, 1.807) is 11.3 Å². The molecule has 0 radical (unpaired) electrons. The maximum absolute atomic E-state index is 13.2. The van der Waals surface area contributed by atoms with E-state index in [0.29, 0.717) is 44.6 Å². The number of amides is 1. The third-order valence-corrected chi connectivity index (χ3v) is 7.80. The van der Waals surface area contributed by atoms with Crippen molar-refractivity contribution < 1.29 is 9.53 Å². The molecule has 2 aliphatic heterocycles. The number of carbonyl (C=O) groups is 1. The lowest BCUT2D eigenvalue weighted by atomic mass is 9.86. The number of aromatic nitrogens is 1. The average molecular weight is 481 g/mol. The van der Waals surface area contributed by atoms with E-state index in [2.05, 4.69) is 50.5 Å². The predicted octanol–water partition coefficient (Wildman–Crippen LogP) is 5.05. The van der Waals surface area contributed by atoms with Crippen LogP contribution in [-0.2, 0) is 29.0 Å². The van der Waals surface area contributed by atoms with Crippen molar-refractivity contribution in [2.24, 2.45) is 0 Å². The number of ether oxygens (including phenoxy) is 1. The monoisotopic (exact) mass is 480 g/mol. The van der Waals surface area contributed by atoms with Crippen molar-refractivity contribution in [2.45, 2.75) is 84.5 Å². The van der Waals surface area contributed by atoms with E-state index in [1.807, 2.05) is 17.5 Å². The van der Waals surface area contributed by atoms with Gasteiger partial charge in [-0.3, -0.25) is 4.79 Å². The molecule has 2 aliphatic rings. The lowest BCUT2D eigenvalue weighted by Gasteiger charge is -2.43. The Labute approximate surface area is 207 Å². The molecule has 1 saturated heterocycles. The average Bonchev–Trinajstić information content (AvgIpc) is 3.30. The molecule has 0 unspecified atom stereocenters. The van der Waals surface area contributed by atoms with Crippen molar-refractivity contribution in [3.8, 4) is 6.07 Å². The van der Waals surface area contributed by atoms with E-state index in [0.717, 1.165) is 40.4 Å². The minimum atomic E-state index is -0.302. The molecule has 1 atom stereocenters. The summed E-state index contributed by atoms with van der Waals surface area (Å²) in [7, 11) is 0. The molecular weight excluding hydrogens is 444 g/mol. The van der Waals surface area contributed by atoms with E-state index in [4.69, 9.17) is 9.72 Å². The molecule has 7 heteroatoms. The zero-order chi connectivity index (χ0) is 24.5. The molecule has 0 bridgehead atoms. The Kier molecular flexibility index (Phi) is 7.30. The van der Waals surface area contributed by atoms with Gasteiger partial charge in [0.25, 0.3) is 0 Å². The number of pyridine rings is 1. The molecule has 0 aliphatic carbocycles. The minimum absolute atomic E-state index is 0.123. The van der Waals surface area contributed by atoms with Gasteiger partial charge < -0.3 is 14.5 Å². The summed E-state index contributed by atoms with van der Waals surface area (Å²) in [4.78, 5) is 23.7. The van der Waals surface area contributed by atoms with Crippen LogP contribution >= 0.6 is 11.3 Å². The Bertz CT molecular complexity index is 1070. The zero-order valence-corrected chi connectivity index (χ0v) is 21.9. The van der Waals surface area contributed by atoms with Gasteiger partial charge in [-0.25, -0.2) is 4.98 Å². The first kappa shape index (κ1) is 24.7. The van der Waals surface area contributed by atoms with Gasteiger partial charge in [0.1, 0.15) is 11.9 Å². The van der Waals surface area contributed by atoms with Gasteiger partial charge in [-0.15, -0.1) is 11.3 Å². The second kappa shape index (κ2) is 10.1. The normalized spacial score (nSPS) is 19.7. The van der Waals surface area contributed by atoms with Gasteiger partial charge >= 0.3 is 0 Å². The fraction of sp³-hybridized carbons (Fsp3) is 0.593. The van der Waals surface area contributed by atoms with Crippen molar-refractivity contribution in [1.29, 1.82) is 5.26 Å². The Morgan fingerprint density at radius 3 is 2.79 bits per heavy atom. The van der Waals surface area contributed by atoms with Gasteiger partial charge in [-0.1, -0.05) is 33.3 Å². The van der Waals surface area contributed by atoms with E-state index >= 15 is 0 Å². The van der Waals surface area contributed by atoms with E-state index in [1.165, 1.54) is 0 Å². The van der Waals surface area contributed by atoms with Crippen LogP contribution < -0.4 is 4.90 Å². The molecule has 6 nitrogen and oxygen atoms in total. The molecule has 1 amide bonds. The first-order valence-electron chi connectivity index (χ1n) is 12.4. The van der Waals surface area contributed by atoms with Crippen molar-refractivity contribution in [1.82, 2.24) is 9.88 Å². The highest BCUT2D eigenvalue weighted by atomic mass is 32.1. The number of rotatable bonds is 6. The van der Waals surface area contributed by atoms with Crippen molar-refractivity contribution in [3.63, 3.8) is 0 Å². The summed E-state index contributed by atoms with van der Waals surface area (Å²) in [5, 5.41) is 12.3. The number of piperazine rings is 1. The van der Waals surface area contributed by atoms with Gasteiger partial charge in [-0.05, 0) is 43.2 Å². The Morgan fingerprint density at radius 1 is 1.35 bits per heavy atom. The smallest absolute Gasteiger partial charge is 0.228 e. The fourth-order valence-corrected chi connectivity index (χ4v) is 5.92. The van der Waals surface area contributed by atoms with Crippen LogP contribution in [-0.4, -0.2) is 47.1 Å². The van der Waals surface area contributed by atoms with Gasteiger partial charge in [0.15, 0.2) is 0 Å². The van der Waals surface area contributed by atoms with Gasteiger partial charge in [-0.2, -0.15) is 5.26 Å². The van der Waals surface area contributed by atoms with E-state index in [9.17, 15) is 10.1 Å². The van der Waals surface area contributed by atoms with Crippen molar-refractivity contribution in [2.75, 3.05) is 24.5 Å². The van der Waals surface area contributed by atoms with Crippen LogP contribution in [0, 0.1) is 11.3 Å². The Balaban J connectivity index is 1.66. The minimum Gasteiger partial charge on any atom is -0.370 e. The molecule has 2 aromatic rings. The number of thiophene rings is 1. The Morgan fingerprint density at radius 2 is 2.15 bits per heavy atom. The van der Waals surface area contributed by atoms with Gasteiger partial charge in [0, 0.05) is 42.5 Å². The lowest BCUT2D eigenvalue weighted by molar-refractivity contribution is -0.133. The fourth-order valence-electron chi connectivity index (χ4n) is 5.22. The van der Waals surface area contributed by atoms with Crippen molar-refractivity contribution >= 4 is 23.1 Å². The van der Waals surface area contributed by atoms with E-state index in [-0.39, 0.29) is 23.5 Å².